The van der Waals surface area contributed by atoms with E-state index in [0.29, 0.717) is 48.6 Å². The number of benzene rings is 1. The Hall–Kier alpha value is -4.09. The largest absolute Gasteiger partial charge is 0.416 e. The topological polar surface area (TPSA) is 91.5 Å². The molecule has 0 aliphatic carbocycles. The standard InChI is InChI=1S/C22H20F3N7O2/c1-14-17(13-26-32(14)21-27-19(33)18-3-2-8-31(18)28-21)20(34)30-11-9-29(10-12-30)16-6-4-15(5-7-16)22(23,24)25/h2-8,13H,9-12H2,1H3,(H,27,28,33). The van der Waals surface area contributed by atoms with Crippen molar-refractivity contribution in [2.45, 2.75) is 13.1 Å². The van der Waals surface area contributed by atoms with E-state index in [9.17, 15) is 22.8 Å². The van der Waals surface area contributed by atoms with Gasteiger partial charge in [-0.25, -0.2) is 9.20 Å². The van der Waals surface area contributed by atoms with Crippen LogP contribution in [0.3, 0.4) is 0 Å². The van der Waals surface area contributed by atoms with Gasteiger partial charge in [0.2, 0.25) is 5.95 Å². The van der Waals surface area contributed by atoms with Gasteiger partial charge >= 0.3 is 6.18 Å². The lowest BCUT2D eigenvalue weighted by atomic mass is 10.1. The first kappa shape index (κ1) is 21.7. The second-order valence-electron chi connectivity index (χ2n) is 8.00. The summed E-state index contributed by atoms with van der Waals surface area (Å²) in [5, 5.41) is 8.58. The Labute approximate surface area is 191 Å². The fourth-order valence-corrected chi connectivity index (χ4v) is 4.06. The van der Waals surface area contributed by atoms with Gasteiger partial charge in [0.25, 0.3) is 11.5 Å². The minimum atomic E-state index is -4.37. The fourth-order valence-electron chi connectivity index (χ4n) is 4.06. The third kappa shape index (κ3) is 3.80. The van der Waals surface area contributed by atoms with Gasteiger partial charge in [-0.2, -0.15) is 18.3 Å². The van der Waals surface area contributed by atoms with Gasteiger partial charge in [0.1, 0.15) is 5.52 Å². The molecule has 0 radical (unpaired) electrons. The molecule has 0 atom stereocenters. The maximum atomic E-state index is 13.1. The predicted molar refractivity (Wildman–Crippen MR) is 117 cm³/mol. The summed E-state index contributed by atoms with van der Waals surface area (Å²) in [6.45, 7) is 3.52. The average Bonchev–Trinajstić information content (AvgIpc) is 3.45. The maximum absolute atomic E-state index is 13.1. The van der Waals surface area contributed by atoms with E-state index >= 15 is 0 Å². The summed E-state index contributed by atoms with van der Waals surface area (Å²) in [6, 6.07) is 8.37. The fraction of sp³-hybridized carbons (Fsp3) is 0.273. The number of halogens is 3. The van der Waals surface area contributed by atoms with Gasteiger partial charge < -0.3 is 9.80 Å². The lowest BCUT2D eigenvalue weighted by Crippen LogP contribution is -2.48. The molecule has 176 valence electrons. The van der Waals surface area contributed by atoms with E-state index in [-0.39, 0.29) is 17.4 Å². The zero-order valence-corrected chi connectivity index (χ0v) is 18.1. The Morgan fingerprint density at radius 2 is 1.76 bits per heavy atom. The van der Waals surface area contributed by atoms with Gasteiger partial charge in [0, 0.05) is 38.1 Å². The number of alkyl halides is 3. The minimum Gasteiger partial charge on any atom is -0.368 e. The lowest BCUT2D eigenvalue weighted by molar-refractivity contribution is -0.137. The summed E-state index contributed by atoms with van der Waals surface area (Å²) in [5.74, 6) is -0.0161. The Balaban J connectivity index is 1.30. The molecule has 0 unspecified atom stereocenters. The maximum Gasteiger partial charge on any atom is 0.416 e. The number of carbonyl (C=O) groups excluding carboxylic acids is 1. The van der Waals surface area contributed by atoms with E-state index in [4.69, 9.17) is 0 Å². The highest BCUT2D eigenvalue weighted by molar-refractivity contribution is 5.95. The van der Waals surface area contributed by atoms with Crippen LogP contribution in [0.2, 0.25) is 0 Å². The number of nitrogens with zero attached hydrogens (tertiary/aromatic N) is 6. The van der Waals surface area contributed by atoms with Crippen LogP contribution in [0.15, 0.2) is 53.6 Å². The Morgan fingerprint density at radius 3 is 2.44 bits per heavy atom. The zero-order chi connectivity index (χ0) is 24.0. The summed E-state index contributed by atoms with van der Waals surface area (Å²) in [5.41, 5.74) is 0.986. The molecule has 3 aromatic heterocycles. The summed E-state index contributed by atoms with van der Waals surface area (Å²) in [7, 11) is 0. The van der Waals surface area contributed by atoms with Crippen LogP contribution in [0, 0.1) is 6.92 Å². The number of carbonyl (C=O) groups is 1. The van der Waals surface area contributed by atoms with Crippen molar-refractivity contribution in [3.8, 4) is 5.95 Å². The van der Waals surface area contributed by atoms with Crippen molar-refractivity contribution in [3.05, 3.63) is 76.0 Å². The number of hydrogen-bond donors (Lipinski definition) is 1. The van der Waals surface area contributed by atoms with Crippen molar-refractivity contribution in [2.24, 2.45) is 0 Å². The van der Waals surface area contributed by atoms with Crippen molar-refractivity contribution < 1.29 is 18.0 Å². The highest BCUT2D eigenvalue weighted by Crippen LogP contribution is 2.30. The molecule has 1 aromatic carbocycles. The first-order valence-corrected chi connectivity index (χ1v) is 10.6. The molecule has 9 nitrogen and oxygen atoms in total. The molecule has 0 bridgehead atoms. The predicted octanol–water partition coefficient (Wildman–Crippen LogP) is 2.50. The molecule has 1 aliphatic heterocycles. The van der Waals surface area contributed by atoms with E-state index in [2.05, 4.69) is 15.2 Å². The number of nitrogens with one attached hydrogen (secondary N) is 1. The number of H-pyrrole nitrogens is 1. The van der Waals surface area contributed by atoms with Crippen molar-refractivity contribution in [2.75, 3.05) is 31.1 Å². The van der Waals surface area contributed by atoms with Gasteiger partial charge in [0.05, 0.1) is 23.0 Å². The number of aromatic amines is 1. The van der Waals surface area contributed by atoms with Crippen LogP contribution in [0.5, 0.6) is 0 Å². The van der Waals surface area contributed by atoms with Crippen molar-refractivity contribution in [1.29, 1.82) is 0 Å². The molecule has 0 saturated carbocycles. The van der Waals surface area contributed by atoms with E-state index < -0.39 is 11.7 Å². The number of rotatable bonds is 3. The summed E-state index contributed by atoms with van der Waals surface area (Å²) >= 11 is 0. The van der Waals surface area contributed by atoms with Gasteiger partial charge in [0.15, 0.2) is 0 Å². The van der Waals surface area contributed by atoms with Crippen LogP contribution < -0.4 is 10.5 Å². The Bertz CT molecular complexity index is 1410. The molecule has 1 N–H and O–H groups in total. The summed E-state index contributed by atoms with van der Waals surface area (Å²) in [4.78, 5) is 31.7. The van der Waals surface area contributed by atoms with E-state index in [1.54, 1.807) is 30.2 Å². The molecule has 12 heteroatoms. The molecule has 1 amide bonds. The van der Waals surface area contributed by atoms with Gasteiger partial charge in [-0.1, -0.05) is 0 Å². The molecule has 1 aliphatic rings. The number of amides is 1. The molecule has 4 aromatic rings. The molecule has 1 fully saturated rings. The van der Waals surface area contributed by atoms with Crippen LogP contribution in [0.25, 0.3) is 11.5 Å². The van der Waals surface area contributed by atoms with Crippen LogP contribution in [-0.4, -0.2) is 61.4 Å². The quantitative estimate of drug-likeness (QED) is 0.496. The van der Waals surface area contributed by atoms with Crippen molar-refractivity contribution in [1.82, 2.24) is 29.3 Å². The Kier molecular flexibility index (Phi) is 5.14. The van der Waals surface area contributed by atoms with Crippen molar-refractivity contribution >= 4 is 17.1 Å². The number of hydrogen-bond acceptors (Lipinski definition) is 5. The third-order valence-corrected chi connectivity index (χ3v) is 5.96. The molecule has 4 heterocycles. The average molecular weight is 471 g/mol. The van der Waals surface area contributed by atoms with Crippen LogP contribution in [0.1, 0.15) is 21.6 Å². The SMILES string of the molecule is Cc1c(C(=O)N2CCN(c3ccc(C(F)(F)F)cc3)CC2)cnn1-c1nn2cccc2c(=O)[nH]1. The number of anilines is 1. The van der Waals surface area contributed by atoms with E-state index in [0.717, 1.165) is 12.1 Å². The molecule has 5 rings (SSSR count). The Morgan fingerprint density at radius 1 is 1.06 bits per heavy atom. The second kappa shape index (κ2) is 8.04. The second-order valence-corrected chi connectivity index (χ2v) is 8.00. The summed E-state index contributed by atoms with van der Waals surface area (Å²) in [6.07, 6.45) is -1.28. The highest BCUT2D eigenvalue weighted by atomic mass is 19.4. The number of aromatic nitrogens is 5. The highest BCUT2D eigenvalue weighted by Gasteiger charge is 2.31. The summed E-state index contributed by atoms with van der Waals surface area (Å²) < 4.78 is 41.2. The molecule has 34 heavy (non-hydrogen) atoms. The molecule has 0 spiro atoms. The first-order valence-electron chi connectivity index (χ1n) is 10.6. The van der Waals surface area contributed by atoms with Crippen LogP contribution >= 0.6 is 0 Å². The van der Waals surface area contributed by atoms with Gasteiger partial charge in [-0.05, 0) is 43.3 Å². The van der Waals surface area contributed by atoms with Crippen molar-refractivity contribution in [3.63, 3.8) is 0 Å². The van der Waals surface area contributed by atoms with E-state index in [1.165, 1.54) is 27.5 Å². The smallest absolute Gasteiger partial charge is 0.368 e. The first-order chi connectivity index (χ1) is 16.2. The minimum absolute atomic E-state index is 0.192. The monoisotopic (exact) mass is 471 g/mol. The normalized spacial score (nSPS) is 14.7. The van der Waals surface area contributed by atoms with Crippen LogP contribution in [-0.2, 0) is 6.18 Å². The van der Waals surface area contributed by atoms with Gasteiger partial charge in [-0.3, -0.25) is 14.6 Å². The third-order valence-electron chi connectivity index (χ3n) is 5.96. The number of piperazine rings is 1. The zero-order valence-electron chi connectivity index (χ0n) is 18.1. The molecule has 1 saturated heterocycles. The number of fused-ring (bicyclic) bond motifs is 1. The van der Waals surface area contributed by atoms with Crippen LogP contribution in [0.4, 0.5) is 18.9 Å². The molecular weight excluding hydrogens is 451 g/mol. The van der Waals surface area contributed by atoms with E-state index in [1.807, 2.05) is 4.90 Å². The molecular formula is C22H20F3N7O2. The van der Waals surface area contributed by atoms with Gasteiger partial charge in [-0.15, -0.1) is 5.10 Å². The lowest BCUT2D eigenvalue weighted by Gasteiger charge is -2.36.